The molecule has 2 heterocycles. The maximum Gasteiger partial charge on any atom is 0.126 e. The fourth-order valence-electron chi connectivity index (χ4n) is 1.99. The van der Waals surface area contributed by atoms with Crippen LogP contribution >= 0.6 is 15.9 Å². The van der Waals surface area contributed by atoms with Crippen LogP contribution in [0.25, 0.3) is 0 Å². The molecule has 1 aliphatic heterocycles. The maximum absolute atomic E-state index is 5.65. The Balaban J connectivity index is 1.54. The molecule has 4 nitrogen and oxygen atoms in total. The number of ether oxygens (including phenoxy) is 2. The lowest BCUT2D eigenvalue weighted by Gasteiger charge is -2.10. The second-order valence-corrected chi connectivity index (χ2v) is 5.76. The van der Waals surface area contributed by atoms with Crippen LogP contribution in [0.3, 0.4) is 0 Å². The summed E-state index contributed by atoms with van der Waals surface area (Å²) in [4.78, 5) is 4.30. The zero-order valence-corrected chi connectivity index (χ0v) is 12.9. The minimum absolute atomic E-state index is 0.601. The Morgan fingerprint density at radius 1 is 1.58 bits per heavy atom. The summed E-state index contributed by atoms with van der Waals surface area (Å²) in [6.07, 6.45) is 3.96. The Kier molecular flexibility index (Phi) is 6.07. The summed E-state index contributed by atoms with van der Waals surface area (Å²) < 4.78 is 12.0. The molecule has 1 aliphatic rings. The van der Waals surface area contributed by atoms with Crippen molar-refractivity contribution in [2.24, 2.45) is 5.92 Å². The molecule has 0 unspecified atom stereocenters. The molecule has 0 aliphatic carbocycles. The Morgan fingerprint density at radius 2 is 2.47 bits per heavy atom. The second kappa shape index (κ2) is 7.82. The summed E-state index contributed by atoms with van der Waals surface area (Å²) in [7, 11) is 0. The van der Waals surface area contributed by atoms with Crippen molar-refractivity contribution < 1.29 is 9.47 Å². The van der Waals surface area contributed by atoms with Crippen LogP contribution in [0.1, 0.15) is 18.4 Å². The lowest BCUT2D eigenvalue weighted by molar-refractivity contribution is 0.0897. The lowest BCUT2D eigenvalue weighted by Crippen LogP contribution is -2.12. The van der Waals surface area contributed by atoms with Gasteiger partial charge < -0.3 is 14.8 Å². The van der Waals surface area contributed by atoms with E-state index in [9.17, 15) is 0 Å². The number of aromatic nitrogens is 1. The van der Waals surface area contributed by atoms with Crippen LogP contribution < -0.4 is 5.32 Å². The highest BCUT2D eigenvalue weighted by molar-refractivity contribution is 9.10. The number of anilines is 1. The SMILES string of the molecule is Cc1cc(NCCCOC[C@@H]2CCOC2)ncc1Br. The van der Waals surface area contributed by atoms with E-state index < -0.39 is 0 Å². The number of nitrogens with one attached hydrogen (secondary N) is 1. The van der Waals surface area contributed by atoms with E-state index in [1.54, 1.807) is 0 Å². The highest BCUT2D eigenvalue weighted by Gasteiger charge is 2.15. The molecular weight excluding hydrogens is 308 g/mol. The third-order valence-electron chi connectivity index (χ3n) is 3.20. The van der Waals surface area contributed by atoms with Gasteiger partial charge in [-0.15, -0.1) is 0 Å². The van der Waals surface area contributed by atoms with Gasteiger partial charge in [0, 0.05) is 36.3 Å². The number of hydrogen-bond donors (Lipinski definition) is 1. The summed E-state index contributed by atoms with van der Waals surface area (Å²) in [6, 6.07) is 2.04. The van der Waals surface area contributed by atoms with Crippen molar-refractivity contribution in [3.05, 3.63) is 22.3 Å². The molecule has 1 aromatic rings. The Morgan fingerprint density at radius 3 is 3.21 bits per heavy atom. The molecule has 1 saturated heterocycles. The first-order valence-electron chi connectivity index (χ1n) is 6.77. The number of aryl methyl sites for hydroxylation is 1. The average Bonchev–Trinajstić information content (AvgIpc) is 2.91. The zero-order valence-electron chi connectivity index (χ0n) is 11.3. The molecule has 1 atom stereocenters. The number of rotatable bonds is 7. The van der Waals surface area contributed by atoms with Crippen molar-refractivity contribution in [2.75, 3.05) is 38.3 Å². The monoisotopic (exact) mass is 328 g/mol. The second-order valence-electron chi connectivity index (χ2n) is 4.90. The first-order valence-corrected chi connectivity index (χ1v) is 7.56. The minimum Gasteiger partial charge on any atom is -0.381 e. The van der Waals surface area contributed by atoms with Gasteiger partial charge in [-0.25, -0.2) is 4.98 Å². The number of nitrogens with zero attached hydrogens (tertiary/aromatic N) is 1. The molecule has 0 spiro atoms. The van der Waals surface area contributed by atoms with Crippen LogP contribution in [0, 0.1) is 12.8 Å². The van der Waals surface area contributed by atoms with E-state index in [-0.39, 0.29) is 0 Å². The third-order valence-corrected chi connectivity index (χ3v) is 4.03. The molecule has 5 heteroatoms. The smallest absolute Gasteiger partial charge is 0.126 e. The molecule has 19 heavy (non-hydrogen) atoms. The molecule has 0 bridgehead atoms. The molecule has 0 amide bonds. The van der Waals surface area contributed by atoms with Gasteiger partial charge in [-0.1, -0.05) is 0 Å². The van der Waals surface area contributed by atoms with Gasteiger partial charge in [0.2, 0.25) is 0 Å². The molecule has 0 radical (unpaired) electrons. The number of pyridine rings is 1. The van der Waals surface area contributed by atoms with Gasteiger partial charge in [0.05, 0.1) is 13.2 Å². The first kappa shape index (κ1) is 14.8. The van der Waals surface area contributed by atoms with Crippen LogP contribution in [0.2, 0.25) is 0 Å². The Labute approximate surface area is 123 Å². The van der Waals surface area contributed by atoms with E-state index in [1.165, 1.54) is 5.56 Å². The highest BCUT2D eigenvalue weighted by atomic mass is 79.9. The number of halogens is 1. The summed E-state index contributed by atoms with van der Waals surface area (Å²) in [6.45, 7) is 6.32. The van der Waals surface area contributed by atoms with Crippen molar-refractivity contribution in [1.82, 2.24) is 4.98 Å². The number of hydrogen-bond acceptors (Lipinski definition) is 4. The first-order chi connectivity index (χ1) is 9.25. The minimum atomic E-state index is 0.601. The van der Waals surface area contributed by atoms with Crippen LogP contribution in [-0.4, -0.2) is 38.0 Å². The lowest BCUT2D eigenvalue weighted by atomic mass is 10.1. The van der Waals surface area contributed by atoms with Gasteiger partial charge in [0.15, 0.2) is 0 Å². The molecule has 1 fully saturated rings. The van der Waals surface area contributed by atoms with Crippen LogP contribution in [0.4, 0.5) is 5.82 Å². The molecular formula is C14H21BrN2O2. The average molecular weight is 329 g/mol. The highest BCUT2D eigenvalue weighted by Crippen LogP contribution is 2.17. The van der Waals surface area contributed by atoms with Crippen LogP contribution in [0.15, 0.2) is 16.7 Å². The fraction of sp³-hybridized carbons (Fsp3) is 0.643. The molecule has 106 valence electrons. The van der Waals surface area contributed by atoms with E-state index in [4.69, 9.17) is 9.47 Å². The van der Waals surface area contributed by atoms with Crippen molar-refractivity contribution in [3.63, 3.8) is 0 Å². The molecule has 2 rings (SSSR count). The summed E-state index contributed by atoms with van der Waals surface area (Å²) >= 11 is 3.44. The van der Waals surface area contributed by atoms with E-state index >= 15 is 0 Å². The quantitative estimate of drug-likeness (QED) is 0.781. The van der Waals surface area contributed by atoms with Crippen molar-refractivity contribution in [3.8, 4) is 0 Å². The zero-order chi connectivity index (χ0) is 13.5. The summed E-state index contributed by atoms with van der Waals surface area (Å²) in [5.74, 6) is 1.52. The molecule has 1 N–H and O–H groups in total. The van der Waals surface area contributed by atoms with Gasteiger partial charge in [-0.3, -0.25) is 0 Å². The van der Waals surface area contributed by atoms with Gasteiger partial charge >= 0.3 is 0 Å². The fourth-order valence-corrected chi connectivity index (χ4v) is 2.21. The predicted molar refractivity (Wildman–Crippen MR) is 79.5 cm³/mol. The van der Waals surface area contributed by atoms with Crippen molar-refractivity contribution in [2.45, 2.75) is 19.8 Å². The summed E-state index contributed by atoms with van der Waals surface area (Å²) in [5, 5.41) is 3.30. The molecule has 0 aromatic carbocycles. The Hall–Kier alpha value is -0.650. The normalized spacial score (nSPS) is 18.7. The standard InChI is InChI=1S/C14H21BrN2O2/c1-11-7-14(17-8-13(11)15)16-4-2-5-18-9-12-3-6-19-10-12/h7-8,12H,2-6,9-10H2,1H3,(H,16,17)/t12-/m0/s1. The molecule has 1 aromatic heterocycles. The predicted octanol–water partition coefficient (Wildman–Crippen LogP) is 3.01. The van der Waals surface area contributed by atoms with E-state index in [0.29, 0.717) is 5.92 Å². The van der Waals surface area contributed by atoms with Gasteiger partial charge in [-0.05, 0) is 47.3 Å². The topological polar surface area (TPSA) is 43.4 Å². The van der Waals surface area contributed by atoms with Crippen molar-refractivity contribution in [1.29, 1.82) is 0 Å². The largest absolute Gasteiger partial charge is 0.381 e. The van der Waals surface area contributed by atoms with Gasteiger partial charge in [-0.2, -0.15) is 0 Å². The van der Waals surface area contributed by atoms with Gasteiger partial charge in [0.1, 0.15) is 5.82 Å². The van der Waals surface area contributed by atoms with E-state index in [2.05, 4.69) is 33.2 Å². The van der Waals surface area contributed by atoms with E-state index in [0.717, 1.165) is 56.1 Å². The summed E-state index contributed by atoms with van der Waals surface area (Å²) in [5.41, 5.74) is 1.19. The Bertz CT molecular complexity index is 395. The van der Waals surface area contributed by atoms with Crippen LogP contribution in [-0.2, 0) is 9.47 Å². The van der Waals surface area contributed by atoms with Crippen LogP contribution in [0.5, 0.6) is 0 Å². The molecule has 0 saturated carbocycles. The third kappa shape index (κ3) is 5.09. The maximum atomic E-state index is 5.65. The van der Waals surface area contributed by atoms with E-state index in [1.807, 2.05) is 12.3 Å². The van der Waals surface area contributed by atoms with Gasteiger partial charge in [0.25, 0.3) is 0 Å². The van der Waals surface area contributed by atoms with Crippen molar-refractivity contribution >= 4 is 21.7 Å².